The summed E-state index contributed by atoms with van der Waals surface area (Å²) in [6.07, 6.45) is 7.71. The minimum Gasteiger partial charge on any atom is -0.383 e. The molecule has 5 heteroatoms. The Hall–Kier alpha value is -1.88. The molecule has 19 heavy (non-hydrogen) atoms. The van der Waals surface area contributed by atoms with Gasteiger partial charge in [0.15, 0.2) is 0 Å². The first kappa shape index (κ1) is 13.5. The molecule has 0 spiro atoms. The van der Waals surface area contributed by atoms with Crippen molar-refractivity contribution in [2.24, 2.45) is 0 Å². The second kappa shape index (κ2) is 6.33. The van der Waals surface area contributed by atoms with E-state index in [0.29, 0.717) is 5.82 Å². The second-order valence-corrected chi connectivity index (χ2v) is 4.92. The summed E-state index contributed by atoms with van der Waals surface area (Å²) in [6.45, 7) is 2.07. The van der Waals surface area contributed by atoms with Crippen molar-refractivity contribution in [3.05, 3.63) is 30.9 Å². The van der Waals surface area contributed by atoms with Gasteiger partial charge >= 0.3 is 0 Å². The molecule has 2 rings (SSSR count). The maximum Gasteiger partial charge on any atom is 0.132 e. The van der Waals surface area contributed by atoms with Gasteiger partial charge in [0.05, 0.1) is 18.2 Å². The Bertz CT molecular complexity index is 518. The van der Waals surface area contributed by atoms with Gasteiger partial charge in [-0.15, -0.1) is 0 Å². The monoisotopic (exact) mass is 259 g/mol. The van der Waals surface area contributed by atoms with Crippen LogP contribution in [0.4, 0.5) is 5.82 Å². The van der Waals surface area contributed by atoms with Gasteiger partial charge in [-0.05, 0) is 45.6 Å². The number of aromatic nitrogens is 3. The van der Waals surface area contributed by atoms with E-state index in [9.17, 15) is 0 Å². The van der Waals surface area contributed by atoms with Crippen LogP contribution in [-0.2, 0) is 6.54 Å². The Labute approximate surface area is 114 Å². The zero-order valence-electron chi connectivity index (χ0n) is 11.6. The highest BCUT2D eigenvalue weighted by Gasteiger charge is 2.08. The number of unbranched alkanes of at least 4 members (excludes halogenated alkanes) is 1. The van der Waals surface area contributed by atoms with Crippen molar-refractivity contribution in [3.63, 3.8) is 0 Å². The quantitative estimate of drug-likeness (QED) is 0.805. The summed E-state index contributed by atoms with van der Waals surface area (Å²) >= 11 is 0. The molecule has 0 aromatic carbocycles. The molecule has 0 unspecified atom stereocenters. The molecule has 2 heterocycles. The van der Waals surface area contributed by atoms with Gasteiger partial charge in [-0.25, -0.2) is 9.97 Å². The lowest BCUT2D eigenvalue weighted by Gasteiger charge is -2.11. The van der Waals surface area contributed by atoms with E-state index >= 15 is 0 Å². The number of nitrogen functional groups attached to an aromatic ring is 1. The number of imidazole rings is 1. The van der Waals surface area contributed by atoms with Crippen LogP contribution in [0.2, 0.25) is 0 Å². The van der Waals surface area contributed by atoms with Crippen molar-refractivity contribution < 1.29 is 0 Å². The molecule has 0 aliphatic heterocycles. The fourth-order valence-corrected chi connectivity index (χ4v) is 2.07. The number of anilines is 1. The topological polar surface area (TPSA) is 60.0 Å². The Kier molecular flexibility index (Phi) is 4.52. The summed E-state index contributed by atoms with van der Waals surface area (Å²) in [5, 5.41) is 0. The van der Waals surface area contributed by atoms with Crippen LogP contribution in [0, 0.1) is 0 Å². The van der Waals surface area contributed by atoms with Gasteiger partial charge in [-0.2, -0.15) is 0 Å². The summed E-state index contributed by atoms with van der Waals surface area (Å²) in [5.74, 6) is 0.553. The average molecular weight is 259 g/mol. The number of nitrogens with zero attached hydrogens (tertiary/aromatic N) is 4. The molecule has 0 aliphatic carbocycles. The van der Waals surface area contributed by atoms with Crippen molar-refractivity contribution in [1.82, 2.24) is 19.4 Å². The fourth-order valence-electron chi connectivity index (χ4n) is 2.07. The minimum atomic E-state index is 0.553. The summed E-state index contributed by atoms with van der Waals surface area (Å²) in [7, 11) is 4.19. The zero-order valence-corrected chi connectivity index (χ0v) is 11.6. The second-order valence-electron chi connectivity index (χ2n) is 4.92. The largest absolute Gasteiger partial charge is 0.383 e. The zero-order chi connectivity index (χ0) is 13.7. The molecule has 5 nitrogen and oxygen atoms in total. The lowest BCUT2D eigenvalue weighted by atomic mass is 10.2. The molecule has 102 valence electrons. The highest BCUT2D eigenvalue weighted by atomic mass is 15.1. The smallest absolute Gasteiger partial charge is 0.132 e. The maximum atomic E-state index is 5.92. The van der Waals surface area contributed by atoms with Gasteiger partial charge in [0, 0.05) is 18.3 Å². The summed E-state index contributed by atoms with van der Waals surface area (Å²) < 4.78 is 2.14. The van der Waals surface area contributed by atoms with Crippen LogP contribution < -0.4 is 5.73 Å². The highest BCUT2D eigenvalue weighted by molar-refractivity contribution is 5.70. The van der Waals surface area contributed by atoms with Gasteiger partial charge in [0.2, 0.25) is 0 Å². The van der Waals surface area contributed by atoms with Crippen LogP contribution in [0.5, 0.6) is 0 Å². The van der Waals surface area contributed by atoms with Crippen LogP contribution in [0.25, 0.3) is 11.3 Å². The van der Waals surface area contributed by atoms with E-state index < -0.39 is 0 Å². The van der Waals surface area contributed by atoms with Crippen molar-refractivity contribution >= 4 is 5.82 Å². The molecule has 2 N–H and O–H groups in total. The standard InChI is InChI=1S/C14H21N5/c1-18(2)8-3-4-9-19-11-16-10-13(19)12-6-5-7-17-14(12)15/h5-7,10-11H,3-4,8-9H2,1-2H3,(H2,15,17). The molecule has 0 aliphatic rings. The lowest BCUT2D eigenvalue weighted by Crippen LogP contribution is -2.13. The molecule has 0 fully saturated rings. The Balaban J connectivity index is 2.04. The summed E-state index contributed by atoms with van der Waals surface area (Å²) in [5.41, 5.74) is 7.91. The van der Waals surface area contributed by atoms with Crippen molar-refractivity contribution in [1.29, 1.82) is 0 Å². The van der Waals surface area contributed by atoms with Crippen LogP contribution in [0.1, 0.15) is 12.8 Å². The van der Waals surface area contributed by atoms with Gasteiger partial charge in [-0.1, -0.05) is 0 Å². The van der Waals surface area contributed by atoms with E-state index in [1.807, 2.05) is 24.7 Å². The lowest BCUT2D eigenvalue weighted by molar-refractivity contribution is 0.388. The predicted octanol–water partition coefficient (Wildman–Crippen LogP) is 1.87. The van der Waals surface area contributed by atoms with Crippen LogP contribution in [0.15, 0.2) is 30.9 Å². The number of hydrogen-bond donors (Lipinski definition) is 1. The van der Waals surface area contributed by atoms with E-state index in [-0.39, 0.29) is 0 Å². The van der Waals surface area contributed by atoms with Crippen LogP contribution >= 0.6 is 0 Å². The van der Waals surface area contributed by atoms with Gasteiger partial charge in [0.1, 0.15) is 5.82 Å². The number of rotatable bonds is 6. The molecule has 0 bridgehead atoms. The normalized spacial score (nSPS) is 11.1. The van der Waals surface area contributed by atoms with Crippen LogP contribution in [0.3, 0.4) is 0 Å². The van der Waals surface area contributed by atoms with E-state index in [2.05, 4.69) is 33.5 Å². The molecule has 0 radical (unpaired) electrons. The molecular weight excluding hydrogens is 238 g/mol. The average Bonchev–Trinajstić information content (AvgIpc) is 2.83. The third-order valence-corrected chi connectivity index (χ3v) is 3.08. The Morgan fingerprint density at radius 1 is 1.32 bits per heavy atom. The van der Waals surface area contributed by atoms with Gasteiger partial charge < -0.3 is 15.2 Å². The van der Waals surface area contributed by atoms with Crippen LogP contribution in [-0.4, -0.2) is 40.1 Å². The number of pyridine rings is 1. The molecule has 2 aromatic rings. The maximum absolute atomic E-state index is 5.92. The third-order valence-electron chi connectivity index (χ3n) is 3.08. The Morgan fingerprint density at radius 3 is 2.89 bits per heavy atom. The molecule has 0 saturated heterocycles. The fraction of sp³-hybridized carbons (Fsp3) is 0.429. The summed E-state index contributed by atoms with van der Waals surface area (Å²) in [6, 6.07) is 3.88. The minimum absolute atomic E-state index is 0.553. The predicted molar refractivity (Wildman–Crippen MR) is 77.7 cm³/mol. The molecule has 0 amide bonds. The molecule has 0 saturated carbocycles. The van der Waals surface area contributed by atoms with Crippen molar-refractivity contribution in [3.8, 4) is 11.3 Å². The number of hydrogen-bond acceptors (Lipinski definition) is 4. The van der Waals surface area contributed by atoms with E-state index in [0.717, 1.165) is 30.8 Å². The highest BCUT2D eigenvalue weighted by Crippen LogP contribution is 2.23. The van der Waals surface area contributed by atoms with E-state index in [1.165, 1.54) is 6.42 Å². The van der Waals surface area contributed by atoms with E-state index in [4.69, 9.17) is 5.73 Å². The first-order chi connectivity index (χ1) is 9.18. The Morgan fingerprint density at radius 2 is 2.16 bits per heavy atom. The molecular formula is C14H21N5. The van der Waals surface area contributed by atoms with Gasteiger partial charge in [0.25, 0.3) is 0 Å². The third kappa shape index (κ3) is 3.54. The number of nitrogens with two attached hydrogens (primary N) is 1. The first-order valence-corrected chi connectivity index (χ1v) is 6.54. The summed E-state index contributed by atoms with van der Waals surface area (Å²) in [4.78, 5) is 10.6. The molecule has 2 aromatic heterocycles. The number of aryl methyl sites for hydroxylation is 1. The van der Waals surface area contributed by atoms with Crippen molar-refractivity contribution in [2.45, 2.75) is 19.4 Å². The van der Waals surface area contributed by atoms with E-state index in [1.54, 1.807) is 6.20 Å². The molecule has 0 atom stereocenters. The SMILES string of the molecule is CN(C)CCCCn1cncc1-c1cccnc1N. The van der Waals surface area contributed by atoms with Crippen molar-refractivity contribution in [2.75, 3.05) is 26.4 Å². The van der Waals surface area contributed by atoms with Gasteiger partial charge in [-0.3, -0.25) is 0 Å². The first-order valence-electron chi connectivity index (χ1n) is 6.54.